The first-order valence-electron chi connectivity index (χ1n) is 9.08. The highest BCUT2D eigenvalue weighted by atomic mass is 16.3. The van der Waals surface area contributed by atoms with Crippen molar-refractivity contribution >= 4 is 11.8 Å². The number of nitrogens with zero attached hydrogens (tertiary/aromatic N) is 3. The normalized spacial score (nSPS) is 16.4. The number of carbonyl (C=O) groups excluding carboxylic acids is 2. The molecule has 0 N–H and O–H groups in total. The van der Waals surface area contributed by atoms with Crippen molar-refractivity contribution in [1.29, 1.82) is 5.26 Å². The van der Waals surface area contributed by atoms with Crippen molar-refractivity contribution in [2.75, 3.05) is 13.1 Å². The van der Waals surface area contributed by atoms with Gasteiger partial charge >= 0.3 is 0 Å². The van der Waals surface area contributed by atoms with Crippen molar-refractivity contribution in [1.82, 2.24) is 9.80 Å². The van der Waals surface area contributed by atoms with Gasteiger partial charge in [-0.3, -0.25) is 9.59 Å². The molecule has 1 aliphatic heterocycles. The van der Waals surface area contributed by atoms with Crippen LogP contribution in [0.15, 0.2) is 47.1 Å². The van der Waals surface area contributed by atoms with Crippen LogP contribution in [0, 0.1) is 24.2 Å². The summed E-state index contributed by atoms with van der Waals surface area (Å²) in [5, 5.41) is 8.88. The molecular formula is C21H23N3O3. The van der Waals surface area contributed by atoms with Gasteiger partial charge in [0.15, 0.2) is 0 Å². The summed E-state index contributed by atoms with van der Waals surface area (Å²) in [5.74, 6) is 0.187. The van der Waals surface area contributed by atoms with Gasteiger partial charge in [0, 0.05) is 26.1 Å². The maximum absolute atomic E-state index is 13.0. The summed E-state index contributed by atoms with van der Waals surface area (Å²) in [4.78, 5) is 28.7. The van der Waals surface area contributed by atoms with Gasteiger partial charge in [-0.1, -0.05) is 29.8 Å². The Hall–Kier alpha value is -3.07. The monoisotopic (exact) mass is 365 g/mol. The quantitative estimate of drug-likeness (QED) is 0.756. The average molecular weight is 365 g/mol. The number of carbonyl (C=O) groups is 2. The first-order valence-corrected chi connectivity index (χ1v) is 9.08. The van der Waals surface area contributed by atoms with Crippen LogP contribution in [-0.4, -0.2) is 34.7 Å². The molecule has 1 aromatic heterocycles. The molecule has 0 aliphatic carbocycles. The molecule has 2 heterocycles. The summed E-state index contributed by atoms with van der Waals surface area (Å²) in [7, 11) is 0. The highest BCUT2D eigenvalue weighted by Gasteiger charge is 2.36. The zero-order chi connectivity index (χ0) is 19.2. The van der Waals surface area contributed by atoms with E-state index in [4.69, 9.17) is 9.68 Å². The number of aryl methyl sites for hydroxylation is 1. The summed E-state index contributed by atoms with van der Waals surface area (Å²) in [5.41, 5.74) is 2.23. The van der Waals surface area contributed by atoms with Crippen molar-refractivity contribution in [3.05, 3.63) is 59.5 Å². The molecule has 1 aliphatic rings. The second-order valence-electron chi connectivity index (χ2n) is 6.91. The van der Waals surface area contributed by atoms with Crippen LogP contribution in [0.25, 0.3) is 0 Å². The summed E-state index contributed by atoms with van der Waals surface area (Å²) in [6.45, 7) is 3.59. The smallest absolute Gasteiger partial charge is 0.228 e. The van der Waals surface area contributed by atoms with E-state index in [9.17, 15) is 9.59 Å². The standard InChI is InChI=1S/C21H23N3O3/c1-16-5-7-17(8-6-16)13-24-14-18(12-20(24)25)21(26)23(10-3-9-22)15-19-4-2-11-27-19/h2,4-8,11,18H,3,10,12-15H2,1H3. The lowest BCUT2D eigenvalue weighted by molar-refractivity contribution is -0.136. The molecule has 2 aromatic rings. The third-order valence-electron chi connectivity index (χ3n) is 4.79. The van der Waals surface area contributed by atoms with Gasteiger partial charge in [0.25, 0.3) is 0 Å². The number of hydrogen-bond donors (Lipinski definition) is 0. The molecule has 1 aromatic carbocycles. The third kappa shape index (κ3) is 4.76. The maximum atomic E-state index is 13.0. The minimum absolute atomic E-state index is 0.00726. The van der Waals surface area contributed by atoms with E-state index in [1.165, 1.54) is 5.56 Å². The number of rotatable bonds is 7. The van der Waals surface area contributed by atoms with E-state index in [1.54, 1.807) is 28.2 Å². The number of amides is 2. The van der Waals surface area contributed by atoms with Gasteiger partial charge in [-0.25, -0.2) is 0 Å². The Balaban J connectivity index is 1.65. The molecule has 1 unspecified atom stereocenters. The second-order valence-corrected chi connectivity index (χ2v) is 6.91. The highest BCUT2D eigenvalue weighted by molar-refractivity contribution is 5.89. The molecule has 1 fully saturated rings. The molecule has 0 radical (unpaired) electrons. The molecule has 2 amide bonds. The van der Waals surface area contributed by atoms with Gasteiger partial charge in [0.05, 0.1) is 31.2 Å². The Morgan fingerprint density at radius 1 is 1.33 bits per heavy atom. The number of likely N-dealkylation sites (tertiary alicyclic amines) is 1. The van der Waals surface area contributed by atoms with Gasteiger partial charge in [0.2, 0.25) is 11.8 Å². The van der Waals surface area contributed by atoms with E-state index in [2.05, 4.69) is 6.07 Å². The SMILES string of the molecule is Cc1ccc(CN2CC(C(=O)N(CCC#N)Cc3ccco3)CC2=O)cc1. The molecule has 0 saturated carbocycles. The van der Waals surface area contributed by atoms with Crippen LogP contribution >= 0.6 is 0 Å². The van der Waals surface area contributed by atoms with Crippen molar-refractivity contribution in [3.63, 3.8) is 0 Å². The first-order chi connectivity index (χ1) is 13.1. The van der Waals surface area contributed by atoms with Crippen molar-refractivity contribution in [2.45, 2.75) is 32.9 Å². The molecule has 0 bridgehead atoms. The number of hydrogen-bond acceptors (Lipinski definition) is 4. The second kappa shape index (κ2) is 8.54. The topological polar surface area (TPSA) is 77.6 Å². The van der Waals surface area contributed by atoms with E-state index in [1.807, 2.05) is 31.2 Å². The van der Waals surface area contributed by atoms with Crippen LogP contribution in [0.5, 0.6) is 0 Å². The molecule has 3 rings (SSSR count). The lowest BCUT2D eigenvalue weighted by Gasteiger charge is -2.24. The average Bonchev–Trinajstić information content (AvgIpc) is 3.30. The van der Waals surface area contributed by atoms with Gasteiger partial charge in [0.1, 0.15) is 5.76 Å². The fourth-order valence-corrected chi connectivity index (χ4v) is 3.31. The fourth-order valence-electron chi connectivity index (χ4n) is 3.31. The largest absolute Gasteiger partial charge is 0.467 e. The molecule has 140 valence electrons. The van der Waals surface area contributed by atoms with Crippen molar-refractivity contribution < 1.29 is 14.0 Å². The predicted molar refractivity (Wildman–Crippen MR) is 99.1 cm³/mol. The molecule has 6 heteroatoms. The van der Waals surface area contributed by atoms with Crippen molar-refractivity contribution in [3.8, 4) is 6.07 Å². The summed E-state index contributed by atoms with van der Waals surface area (Å²) < 4.78 is 5.33. The molecule has 27 heavy (non-hydrogen) atoms. The van der Waals surface area contributed by atoms with E-state index >= 15 is 0 Å². The highest BCUT2D eigenvalue weighted by Crippen LogP contribution is 2.23. The van der Waals surface area contributed by atoms with Gasteiger partial charge in [-0.2, -0.15) is 5.26 Å². The van der Waals surface area contributed by atoms with Crippen LogP contribution in [-0.2, 0) is 22.7 Å². The lowest BCUT2D eigenvalue weighted by atomic mass is 10.1. The Morgan fingerprint density at radius 3 is 2.78 bits per heavy atom. The minimum atomic E-state index is -0.378. The molecule has 1 atom stereocenters. The predicted octanol–water partition coefficient (Wildman–Crippen LogP) is 2.88. The van der Waals surface area contributed by atoms with Crippen LogP contribution in [0.3, 0.4) is 0 Å². The first kappa shape index (κ1) is 18.7. The molecule has 0 spiro atoms. The van der Waals surface area contributed by atoms with E-state index in [-0.39, 0.29) is 30.6 Å². The van der Waals surface area contributed by atoms with Crippen LogP contribution in [0.1, 0.15) is 29.7 Å². The summed E-state index contributed by atoms with van der Waals surface area (Å²) >= 11 is 0. The third-order valence-corrected chi connectivity index (χ3v) is 4.79. The Morgan fingerprint density at radius 2 is 2.11 bits per heavy atom. The van der Waals surface area contributed by atoms with Gasteiger partial charge < -0.3 is 14.2 Å². The number of nitriles is 1. The Labute approximate surface area is 159 Å². The lowest BCUT2D eigenvalue weighted by Crippen LogP contribution is -2.37. The Bertz CT molecular complexity index is 821. The Kier molecular flexibility index (Phi) is 5.92. The number of furan rings is 1. The van der Waals surface area contributed by atoms with E-state index in [0.717, 1.165) is 5.56 Å². The molecular weight excluding hydrogens is 342 g/mol. The van der Waals surface area contributed by atoms with Gasteiger partial charge in [-0.15, -0.1) is 0 Å². The van der Waals surface area contributed by atoms with Crippen LogP contribution < -0.4 is 0 Å². The van der Waals surface area contributed by atoms with E-state index in [0.29, 0.717) is 31.9 Å². The summed E-state index contributed by atoms with van der Waals surface area (Å²) in [6, 6.07) is 13.7. The van der Waals surface area contributed by atoms with Crippen LogP contribution in [0.4, 0.5) is 0 Å². The molecule has 6 nitrogen and oxygen atoms in total. The van der Waals surface area contributed by atoms with Crippen LogP contribution in [0.2, 0.25) is 0 Å². The minimum Gasteiger partial charge on any atom is -0.467 e. The zero-order valence-electron chi connectivity index (χ0n) is 15.4. The fraction of sp³-hybridized carbons (Fsp3) is 0.381. The zero-order valence-corrected chi connectivity index (χ0v) is 15.4. The van der Waals surface area contributed by atoms with Gasteiger partial charge in [-0.05, 0) is 24.6 Å². The maximum Gasteiger partial charge on any atom is 0.228 e. The number of benzene rings is 1. The van der Waals surface area contributed by atoms with E-state index < -0.39 is 0 Å². The molecule has 1 saturated heterocycles. The van der Waals surface area contributed by atoms with Crippen molar-refractivity contribution in [2.24, 2.45) is 5.92 Å². The summed E-state index contributed by atoms with van der Waals surface area (Å²) in [6.07, 6.45) is 2.02.